The average Bonchev–Trinajstić information content (AvgIpc) is 2.97. The molecule has 9 nitrogen and oxygen atoms in total. The van der Waals surface area contributed by atoms with Crippen LogP contribution in [0.4, 0.5) is 16.2 Å². The van der Waals surface area contributed by atoms with Crippen molar-refractivity contribution in [2.45, 2.75) is 25.5 Å². The largest absolute Gasteiger partial charge is 0.465 e. The van der Waals surface area contributed by atoms with Gasteiger partial charge in [0.25, 0.3) is 0 Å². The molecule has 1 aliphatic rings. The van der Waals surface area contributed by atoms with Gasteiger partial charge in [-0.15, -0.1) is 0 Å². The van der Waals surface area contributed by atoms with E-state index in [9.17, 15) is 14.4 Å². The van der Waals surface area contributed by atoms with E-state index in [0.717, 1.165) is 24.1 Å². The van der Waals surface area contributed by atoms with Crippen LogP contribution in [0.25, 0.3) is 0 Å². The van der Waals surface area contributed by atoms with Crippen LogP contribution in [0.15, 0.2) is 78.9 Å². The molecule has 200 valence electrons. The highest BCUT2D eigenvalue weighted by Crippen LogP contribution is 2.18. The third-order valence-electron chi connectivity index (χ3n) is 5.97. The van der Waals surface area contributed by atoms with Crippen LogP contribution in [0, 0.1) is 0 Å². The molecule has 1 fully saturated rings. The SMILES string of the molecule is COC(=O)c1ccc(N)cc1.COC(=O)c1ccc(NC2CCN(C(=O)OCc3ccccc3)CC2)cc1. The number of benzene rings is 3. The van der Waals surface area contributed by atoms with Gasteiger partial charge in [0.15, 0.2) is 0 Å². The van der Waals surface area contributed by atoms with Crippen molar-refractivity contribution in [3.63, 3.8) is 0 Å². The highest BCUT2D eigenvalue weighted by Gasteiger charge is 2.23. The standard InChI is InChI=1S/C21H24N2O4.C8H9NO2/c1-26-20(24)17-7-9-18(10-8-17)22-19-11-13-23(14-12-19)21(25)27-15-16-5-3-2-4-6-16;1-11-8(10)6-2-4-7(9)5-3-6/h2-10,19,22H,11-15H2,1H3;2-5H,9H2,1H3. The van der Waals surface area contributed by atoms with E-state index in [1.807, 2.05) is 42.5 Å². The molecule has 3 aromatic rings. The molecule has 0 bridgehead atoms. The van der Waals surface area contributed by atoms with E-state index in [-0.39, 0.29) is 24.1 Å². The summed E-state index contributed by atoms with van der Waals surface area (Å²) in [6.45, 7) is 1.61. The molecule has 3 N–H and O–H groups in total. The molecule has 0 unspecified atom stereocenters. The van der Waals surface area contributed by atoms with Crippen LogP contribution >= 0.6 is 0 Å². The van der Waals surface area contributed by atoms with Crippen LogP contribution < -0.4 is 11.1 Å². The second kappa shape index (κ2) is 14.3. The van der Waals surface area contributed by atoms with E-state index >= 15 is 0 Å². The average molecular weight is 520 g/mol. The molecule has 0 aliphatic carbocycles. The van der Waals surface area contributed by atoms with Crippen molar-refractivity contribution in [3.05, 3.63) is 95.6 Å². The summed E-state index contributed by atoms with van der Waals surface area (Å²) in [6, 6.07) is 23.7. The highest BCUT2D eigenvalue weighted by molar-refractivity contribution is 5.90. The van der Waals surface area contributed by atoms with Crippen molar-refractivity contribution in [1.82, 2.24) is 4.90 Å². The third-order valence-corrected chi connectivity index (χ3v) is 5.97. The summed E-state index contributed by atoms with van der Waals surface area (Å²) in [5, 5.41) is 3.45. The van der Waals surface area contributed by atoms with Crippen molar-refractivity contribution in [1.29, 1.82) is 0 Å². The Labute approximate surface area is 222 Å². The first-order valence-corrected chi connectivity index (χ1v) is 12.2. The molecule has 1 heterocycles. The van der Waals surface area contributed by atoms with Gasteiger partial charge in [0.05, 0.1) is 25.3 Å². The highest BCUT2D eigenvalue weighted by atomic mass is 16.6. The number of nitrogens with two attached hydrogens (primary N) is 1. The molecule has 4 rings (SSSR count). The lowest BCUT2D eigenvalue weighted by molar-refractivity contribution is 0.0592. The number of amides is 1. The smallest absolute Gasteiger partial charge is 0.410 e. The Kier molecular flexibility index (Phi) is 10.5. The summed E-state index contributed by atoms with van der Waals surface area (Å²) in [4.78, 5) is 36.3. The number of nitrogen functional groups attached to an aromatic ring is 1. The van der Waals surface area contributed by atoms with Gasteiger partial charge in [-0.1, -0.05) is 30.3 Å². The summed E-state index contributed by atoms with van der Waals surface area (Å²) in [5.41, 5.74) is 9.03. The van der Waals surface area contributed by atoms with Gasteiger partial charge in [-0.3, -0.25) is 0 Å². The number of carbonyl (C=O) groups excluding carboxylic acids is 3. The number of nitrogens with one attached hydrogen (secondary N) is 1. The third kappa shape index (κ3) is 8.55. The molecule has 0 aromatic heterocycles. The van der Waals surface area contributed by atoms with E-state index in [0.29, 0.717) is 36.5 Å². The Morgan fingerprint density at radius 1 is 0.816 bits per heavy atom. The molecule has 1 amide bonds. The van der Waals surface area contributed by atoms with Gasteiger partial charge >= 0.3 is 18.0 Å². The van der Waals surface area contributed by atoms with Crippen LogP contribution in [0.3, 0.4) is 0 Å². The second-order valence-corrected chi connectivity index (χ2v) is 8.63. The van der Waals surface area contributed by atoms with Crippen LogP contribution in [0.5, 0.6) is 0 Å². The number of piperidine rings is 1. The monoisotopic (exact) mass is 519 g/mol. The first kappa shape index (κ1) is 28.0. The predicted molar refractivity (Wildman–Crippen MR) is 145 cm³/mol. The van der Waals surface area contributed by atoms with Crippen molar-refractivity contribution in [2.24, 2.45) is 0 Å². The number of nitrogens with zero attached hydrogens (tertiary/aromatic N) is 1. The Morgan fingerprint density at radius 2 is 1.34 bits per heavy atom. The molecule has 0 radical (unpaired) electrons. The number of esters is 2. The molecule has 1 aliphatic heterocycles. The molecule has 0 spiro atoms. The summed E-state index contributed by atoms with van der Waals surface area (Å²) in [6.07, 6.45) is 1.43. The van der Waals surface area contributed by atoms with Gasteiger partial charge in [-0.05, 0) is 66.9 Å². The number of hydrogen-bond donors (Lipinski definition) is 2. The quantitative estimate of drug-likeness (QED) is 0.272. The van der Waals surface area contributed by atoms with E-state index in [4.69, 9.17) is 15.2 Å². The lowest BCUT2D eigenvalue weighted by Crippen LogP contribution is -2.42. The lowest BCUT2D eigenvalue weighted by Gasteiger charge is -2.32. The van der Waals surface area contributed by atoms with Crippen molar-refractivity contribution in [2.75, 3.05) is 38.4 Å². The second-order valence-electron chi connectivity index (χ2n) is 8.63. The number of anilines is 2. The van der Waals surface area contributed by atoms with Crippen molar-refractivity contribution in [3.8, 4) is 0 Å². The fourth-order valence-electron chi connectivity index (χ4n) is 3.81. The summed E-state index contributed by atoms with van der Waals surface area (Å²) >= 11 is 0. The van der Waals surface area contributed by atoms with E-state index in [2.05, 4.69) is 10.1 Å². The van der Waals surface area contributed by atoms with Crippen molar-refractivity contribution < 1.29 is 28.6 Å². The number of ether oxygens (including phenoxy) is 3. The minimum Gasteiger partial charge on any atom is -0.465 e. The zero-order valence-electron chi connectivity index (χ0n) is 21.6. The van der Waals surface area contributed by atoms with E-state index in [1.165, 1.54) is 14.2 Å². The molecule has 38 heavy (non-hydrogen) atoms. The number of likely N-dealkylation sites (tertiary alicyclic amines) is 1. The lowest BCUT2D eigenvalue weighted by atomic mass is 10.0. The zero-order chi connectivity index (χ0) is 27.3. The van der Waals surface area contributed by atoms with Gasteiger partial charge in [-0.25, -0.2) is 14.4 Å². The number of methoxy groups -OCH3 is 2. The maximum atomic E-state index is 12.2. The fourth-order valence-corrected chi connectivity index (χ4v) is 3.81. The summed E-state index contributed by atoms with van der Waals surface area (Å²) in [7, 11) is 2.71. The van der Waals surface area contributed by atoms with Gasteiger partial charge in [0, 0.05) is 30.5 Å². The normalized spacial score (nSPS) is 12.9. The Bertz CT molecular complexity index is 1180. The number of rotatable bonds is 6. The van der Waals surface area contributed by atoms with Crippen LogP contribution in [-0.4, -0.2) is 56.3 Å². The number of carbonyl (C=O) groups is 3. The van der Waals surface area contributed by atoms with E-state index in [1.54, 1.807) is 41.3 Å². The maximum Gasteiger partial charge on any atom is 0.410 e. The number of hydrogen-bond acceptors (Lipinski definition) is 8. The van der Waals surface area contributed by atoms with Gasteiger partial charge in [-0.2, -0.15) is 0 Å². The molecule has 1 saturated heterocycles. The Morgan fingerprint density at radius 3 is 1.87 bits per heavy atom. The molecule has 0 atom stereocenters. The van der Waals surface area contributed by atoms with Crippen molar-refractivity contribution >= 4 is 29.4 Å². The molecule has 9 heteroatoms. The molecular formula is C29H33N3O6. The zero-order valence-corrected chi connectivity index (χ0v) is 21.6. The van der Waals surface area contributed by atoms with E-state index < -0.39 is 0 Å². The fraction of sp³-hybridized carbons (Fsp3) is 0.276. The Hall–Kier alpha value is -4.53. The van der Waals surface area contributed by atoms with Crippen LogP contribution in [0.1, 0.15) is 39.1 Å². The Balaban J connectivity index is 0.000000304. The summed E-state index contributed by atoms with van der Waals surface area (Å²) in [5.74, 6) is -0.686. The van der Waals surface area contributed by atoms with Gasteiger partial charge < -0.3 is 30.2 Å². The first-order valence-electron chi connectivity index (χ1n) is 12.2. The predicted octanol–water partition coefficient (Wildman–Crippen LogP) is 4.74. The minimum atomic E-state index is -0.344. The topological polar surface area (TPSA) is 120 Å². The summed E-state index contributed by atoms with van der Waals surface area (Å²) < 4.78 is 14.6. The van der Waals surface area contributed by atoms with Crippen LogP contribution in [0.2, 0.25) is 0 Å². The maximum absolute atomic E-state index is 12.2. The van der Waals surface area contributed by atoms with Gasteiger partial charge in [0.2, 0.25) is 0 Å². The first-order chi connectivity index (χ1) is 18.4. The molecular weight excluding hydrogens is 486 g/mol. The molecule has 3 aromatic carbocycles. The molecule has 0 saturated carbocycles. The van der Waals surface area contributed by atoms with Crippen LogP contribution in [-0.2, 0) is 20.8 Å². The minimum absolute atomic E-state index is 0.264. The van der Waals surface area contributed by atoms with Gasteiger partial charge in [0.1, 0.15) is 6.61 Å².